The fourth-order valence-corrected chi connectivity index (χ4v) is 1.97. The maximum Gasteiger partial charge on any atom is 0.0465 e. The van der Waals surface area contributed by atoms with Crippen LogP contribution in [0, 0.1) is 0 Å². The first-order valence-corrected chi connectivity index (χ1v) is 5.62. The Bertz CT molecular complexity index is 326. The molecule has 0 saturated heterocycles. The highest BCUT2D eigenvalue weighted by Crippen LogP contribution is 2.21. The summed E-state index contributed by atoms with van der Waals surface area (Å²) in [5, 5.41) is 1.37. The first-order chi connectivity index (χ1) is 6.99. The van der Waals surface area contributed by atoms with Gasteiger partial charge in [-0.15, -0.1) is 0 Å². The van der Waals surface area contributed by atoms with Crippen LogP contribution in [-0.2, 0) is 6.54 Å². The molecule has 0 aliphatic carbocycles. The van der Waals surface area contributed by atoms with Crippen molar-refractivity contribution in [3.05, 3.63) is 33.8 Å². The number of nitrogens with two attached hydrogens (primary N) is 1. The topological polar surface area (TPSA) is 29.3 Å². The first-order valence-electron chi connectivity index (χ1n) is 4.87. The van der Waals surface area contributed by atoms with Gasteiger partial charge in [0.25, 0.3) is 0 Å². The molecule has 2 nitrogen and oxygen atoms in total. The maximum atomic E-state index is 6.07. The molecule has 0 aliphatic rings. The molecule has 1 atom stereocenters. The number of hydrogen-bond donors (Lipinski definition) is 1. The predicted octanol–water partition coefficient (Wildman–Crippen LogP) is 2.77. The first kappa shape index (κ1) is 12.8. The maximum absolute atomic E-state index is 6.07. The van der Waals surface area contributed by atoms with Crippen LogP contribution in [0.1, 0.15) is 12.5 Å². The Morgan fingerprint density at radius 2 is 2.07 bits per heavy atom. The summed E-state index contributed by atoms with van der Waals surface area (Å²) in [6.45, 7) is 3.62. The van der Waals surface area contributed by atoms with Crippen LogP contribution in [0.4, 0.5) is 0 Å². The molecule has 0 bridgehead atoms. The number of nitrogens with zero attached hydrogens (tertiary/aromatic N) is 1. The molecule has 0 spiro atoms. The van der Waals surface area contributed by atoms with Gasteiger partial charge in [0, 0.05) is 29.2 Å². The number of likely N-dealkylation sites (N-methyl/N-ethyl adjacent to an activating group) is 1. The Labute approximate surface area is 101 Å². The molecule has 1 unspecified atom stereocenters. The smallest absolute Gasteiger partial charge is 0.0465 e. The highest BCUT2D eigenvalue weighted by atomic mass is 35.5. The summed E-state index contributed by atoms with van der Waals surface area (Å²) in [7, 11) is 2.02. The van der Waals surface area contributed by atoms with Crippen LogP contribution in [0.15, 0.2) is 18.2 Å². The summed E-state index contributed by atoms with van der Waals surface area (Å²) < 4.78 is 0. The third-order valence-electron chi connectivity index (χ3n) is 2.06. The van der Waals surface area contributed by atoms with Gasteiger partial charge in [-0.2, -0.15) is 0 Å². The van der Waals surface area contributed by atoms with Gasteiger partial charge in [-0.05, 0) is 31.7 Å². The van der Waals surface area contributed by atoms with E-state index in [-0.39, 0.29) is 6.04 Å². The van der Waals surface area contributed by atoms with Crippen LogP contribution in [-0.4, -0.2) is 24.5 Å². The Kier molecular flexibility index (Phi) is 4.87. The zero-order valence-electron chi connectivity index (χ0n) is 9.00. The molecule has 0 aliphatic heterocycles. The van der Waals surface area contributed by atoms with E-state index in [1.807, 2.05) is 26.1 Å². The van der Waals surface area contributed by atoms with E-state index in [0.29, 0.717) is 10.0 Å². The van der Waals surface area contributed by atoms with Crippen molar-refractivity contribution in [1.29, 1.82) is 0 Å². The van der Waals surface area contributed by atoms with E-state index in [9.17, 15) is 0 Å². The standard InChI is InChI=1S/C11H16Cl2N2/c1-8(14)6-15(2)7-9-3-4-10(12)5-11(9)13/h3-5,8H,6-7,14H2,1-2H3. The third-order valence-corrected chi connectivity index (χ3v) is 2.64. The van der Waals surface area contributed by atoms with Crippen molar-refractivity contribution in [3.8, 4) is 0 Å². The van der Waals surface area contributed by atoms with Gasteiger partial charge in [0.05, 0.1) is 0 Å². The molecule has 0 radical (unpaired) electrons. The highest BCUT2D eigenvalue weighted by molar-refractivity contribution is 6.35. The van der Waals surface area contributed by atoms with Gasteiger partial charge in [0.15, 0.2) is 0 Å². The van der Waals surface area contributed by atoms with E-state index >= 15 is 0 Å². The van der Waals surface area contributed by atoms with Gasteiger partial charge in [0.1, 0.15) is 0 Å². The van der Waals surface area contributed by atoms with E-state index in [2.05, 4.69) is 4.90 Å². The molecule has 84 valence electrons. The zero-order valence-corrected chi connectivity index (χ0v) is 10.5. The van der Waals surface area contributed by atoms with Crippen LogP contribution in [0.3, 0.4) is 0 Å². The minimum atomic E-state index is 0.168. The molecule has 0 amide bonds. The summed E-state index contributed by atoms with van der Waals surface area (Å²) >= 11 is 11.9. The lowest BCUT2D eigenvalue weighted by Crippen LogP contribution is -2.32. The van der Waals surface area contributed by atoms with Crippen molar-refractivity contribution < 1.29 is 0 Å². The van der Waals surface area contributed by atoms with Gasteiger partial charge >= 0.3 is 0 Å². The predicted molar refractivity (Wildman–Crippen MR) is 66.4 cm³/mol. The van der Waals surface area contributed by atoms with E-state index < -0.39 is 0 Å². The van der Waals surface area contributed by atoms with Gasteiger partial charge in [0.2, 0.25) is 0 Å². The summed E-state index contributed by atoms with van der Waals surface area (Å²) in [5.41, 5.74) is 6.79. The Morgan fingerprint density at radius 1 is 1.40 bits per heavy atom. The molecule has 1 rings (SSSR count). The minimum absolute atomic E-state index is 0.168. The minimum Gasteiger partial charge on any atom is -0.327 e. The lowest BCUT2D eigenvalue weighted by atomic mass is 10.2. The molecule has 0 heterocycles. The lowest BCUT2D eigenvalue weighted by molar-refractivity contribution is 0.310. The molecule has 1 aromatic carbocycles. The lowest BCUT2D eigenvalue weighted by Gasteiger charge is -2.19. The number of halogens is 2. The van der Waals surface area contributed by atoms with Crippen LogP contribution >= 0.6 is 23.2 Å². The second-order valence-electron chi connectivity index (χ2n) is 3.91. The number of rotatable bonds is 4. The molecular formula is C11H16Cl2N2. The Hall–Kier alpha value is -0.280. The second kappa shape index (κ2) is 5.71. The molecule has 0 saturated carbocycles. The van der Waals surface area contributed by atoms with E-state index in [1.165, 1.54) is 0 Å². The zero-order chi connectivity index (χ0) is 11.4. The average molecular weight is 247 g/mol. The third kappa shape index (κ3) is 4.39. The Balaban J connectivity index is 2.64. The quantitative estimate of drug-likeness (QED) is 0.886. The van der Waals surface area contributed by atoms with Gasteiger partial charge < -0.3 is 10.6 Å². The monoisotopic (exact) mass is 246 g/mol. The van der Waals surface area contributed by atoms with Crippen molar-refractivity contribution in [1.82, 2.24) is 4.90 Å². The van der Waals surface area contributed by atoms with Gasteiger partial charge in [-0.3, -0.25) is 0 Å². The van der Waals surface area contributed by atoms with E-state index in [0.717, 1.165) is 18.7 Å². The molecule has 2 N–H and O–H groups in total. The molecule has 1 aromatic rings. The van der Waals surface area contributed by atoms with Gasteiger partial charge in [-0.25, -0.2) is 0 Å². The van der Waals surface area contributed by atoms with Crippen LogP contribution < -0.4 is 5.73 Å². The summed E-state index contributed by atoms with van der Waals surface area (Å²) in [4.78, 5) is 2.14. The molecule has 15 heavy (non-hydrogen) atoms. The largest absolute Gasteiger partial charge is 0.327 e. The van der Waals surface area contributed by atoms with E-state index in [4.69, 9.17) is 28.9 Å². The molecule has 0 fully saturated rings. The summed E-state index contributed by atoms with van der Waals surface area (Å²) in [5.74, 6) is 0. The molecule has 4 heteroatoms. The Morgan fingerprint density at radius 3 is 2.60 bits per heavy atom. The van der Waals surface area contributed by atoms with Crippen LogP contribution in [0.2, 0.25) is 10.0 Å². The second-order valence-corrected chi connectivity index (χ2v) is 4.75. The number of hydrogen-bond acceptors (Lipinski definition) is 2. The number of benzene rings is 1. The average Bonchev–Trinajstić information content (AvgIpc) is 2.08. The van der Waals surface area contributed by atoms with Crippen LogP contribution in [0.25, 0.3) is 0 Å². The fourth-order valence-electron chi connectivity index (χ4n) is 1.50. The van der Waals surface area contributed by atoms with Crippen molar-refractivity contribution in [3.63, 3.8) is 0 Å². The summed E-state index contributed by atoms with van der Waals surface area (Å²) in [6.07, 6.45) is 0. The van der Waals surface area contributed by atoms with Gasteiger partial charge in [-0.1, -0.05) is 29.3 Å². The molecular weight excluding hydrogens is 231 g/mol. The fraction of sp³-hybridized carbons (Fsp3) is 0.455. The van der Waals surface area contributed by atoms with E-state index in [1.54, 1.807) is 6.07 Å². The van der Waals surface area contributed by atoms with Crippen LogP contribution in [0.5, 0.6) is 0 Å². The van der Waals surface area contributed by atoms with Crippen molar-refractivity contribution in [2.45, 2.75) is 19.5 Å². The highest BCUT2D eigenvalue weighted by Gasteiger charge is 2.06. The van der Waals surface area contributed by atoms with Crippen molar-refractivity contribution in [2.75, 3.05) is 13.6 Å². The SMILES string of the molecule is CC(N)CN(C)Cc1ccc(Cl)cc1Cl. The van der Waals surface area contributed by atoms with Crippen molar-refractivity contribution in [2.24, 2.45) is 5.73 Å². The molecule has 0 aromatic heterocycles. The van der Waals surface area contributed by atoms with Crippen molar-refractivity contribution >= 4 is 23.2 Å². The normalized spacial score (nSPS) is 13.2. The summed E-state index contributed by atoms with van der Waals surface area (Å²) in [6, 6.07) is 5.73.